The molecular weight excluding hydrogens is 306 g/mol. The lowest BCUT2D eigenvalue weighted by atomic mass is 10.0. The highest BCUT2D eigenvalue weighted by Crippen LogP contribution is 2.27. The van der Waals surface area contributed by atoms with E-state index in [2.05, 4.69) is 11.9 Å². The molecule has 1 aromatic rings. The number of carbonyl (C=O) groups is 1. The molecule has 0 radical (unpaired) electrons. The lowest BCUT2D eigenvalue weighted by Gasteiger charge is -2.20. The lowest BCUT2D eigenvalue weighted by molar-refractivity contribution is 0.0955. The highest BCUT2D eigenvalue weighted by molar-refractivity contribution is 7.99. The van der Waals surface area contributed by atoms with Crippen molar-refractivity contribution in [2.45, 2.75) is 44.3 Å². The van der Waals surface area contributed by atoms with Crippen molar-refractivity contribution in [3.63, 3.8) is 0 Å². The summed E-state index contributed by atoms with van der Waals surface area (Å²) in [5.41, 5.74) is 1.60. The monoisotopic (exact) mass is 333 g/mol. The van der Waals surface area contributed by atoms with Gasteiger partial charge in [-0.1, -0.05) is 31.9 Å². The van der Waals surface area contributed by atoms with Gasteiger partial charge in [0.25, 0.3) is 5.91 Å². The fourth-order valence-corrected chi connectivity index (χ4v) is 3.88. The van der Waals surface area contributed by atoms with Gasteiger partial charge in [0.2, 0.25) is 0 Å². The second kappa shape index (κ2) is 9.66. The summed E-state index contributed by atoms with van der Waals surface area (Å²) in [5.74, 6) is 1.66. The Kier molecular flexibility index (Phi) is 7.53. The zero-order chi connectivity index (χ0) is 16.5. The molecule has 0 unspecified atom stereocenters. The Labute approximate surface area is 143 Å². The lowest BCUT2D eigenvalue weighted by Crippen LogP contribution is -2.26. The molecule has 23 heavy (non-hydrogen) atoms. The van der Waals surface area contributed by atoms with E-state index in [1.807, 2.05) is 36.9 Å². The zero-order valence-corrected chi connectivity index (χ0v) is 14.8. The maximum absolute atomic E-state index is 12.2. The van der Waals surface area contributed by atoms with Crippen molar-refractivity contribution < 1.29 is 9.53 Å². The number of thioether (sulfide) groups is 1. The van der Waals surface area contributed by atoms with Crippen molar-refractivity contribution in [1.29, 1.82) is 0 Å². The molecule has 126 valence electrons. The van der Waals surface area contributed by atoms with Crippen LogP contribution in [0.15, 0.2) is 36.4 Å². The summed E-state index contributed by atoms with van der Waals surface area (Å²) in [4.78, 5) is 12.2. The fraction of sp³-hybridized carbons (Fsp3) is 0.526. The number of benzene rings is 1. The Morgan fingerprint density at radius 3 is 2.87 bits per heavy atom. The van der Waals surface area contributed by atoms with E-state index < -0.39 is 0 Å². The Morgan fingerprint density at radius 1 is 1.35 bits per heavy atom. The standard InChI is InChI=1S/C19H27NO2S/c1-15(2)14-22-17-8-6-7-16(13-17)19(21)20-11-12-23-18-9-4-3-5-10-18/h6-8,13,18H,1,3-5,9-12,14H2,2H3,(H,20,21). The molecule has 2 rings (SSSR count). The molecule has 1 aliphatic rings. The van der Waals surface area contributed by atoms with E-state index in [0.717, 1.165) is 23.1 Å². The van der Waals surface area contributed by atoms with Crippen LogP contribution in [0.2, 0.25) is 0 Å². The van der Waals surface area contributed by atoms with Crippen LogP contribution in [-0.4, -0.2) is 30.1 Å². The third kappa shape index (κ3) is 6.69. The summed E-state index contributed by atoms with van der Waals surface area (Å²) in [6.07, 6.45) is 6.78. The minimum Gasteiger partial charge on any atom is -0.489 e. The predicted octanol–water partition coefficient (Wildman–Crippen LogP) is 4.44. The number of nitrogens with one attached hydrogen (secondary N) is 1. The van der Waals surface area contributed by atoms with Gasteiger partial charge in [-0.3, -0.25) is 4.79 Å². The predicted molar refractivity (Wildman–Crippen MR) is 98.4 cm³/mol. The van der Waals surface area contributed by atoms with Crippen LogP contribution >= 0.6 is 11.8 Å². The van der Waals surface area contributed by atoms with Crippen LogP contribution in [-0.2, 0) is 0 Å². The number of amides is 1. The van der Waals surface area contributed by atoms with Crippen molar-refractivity contribution in [1.82, 2.24) is 5.32 Å². The largest absolute Gasteiger partial charge is 0.489 e. The quantitative estimate of drug-likeness (QED) is 0.565. The molecule has 0 heterocycles. The average molecular weight is 333 g/mol. The molecule has 0 spiro atoms. The molecule has 1 amide bonds. The number of hydrogen-bond donors (Lipinski definition) is 1. The van der Waals surface area contributed by atoms with Gasteiger partial charge in [-0.15, -0.1) is 0 Å². The van der Waals surface area contributed by atoms with Gasteiger partial charge in [-0.05, 0) is 43.5 Å². The maximum Gasteiger partial charge on any atom is 0.251 e. The third-order valence-corrected chi connectivity index (χ3v) is 5.26. The topological polar surface area (TPSA) is 38.3 Å². The summed E-state index contributed by atoms with van der Waals surface area (Å²) in [6.45, 7) is 6.92. The smallest absolute Gasteiger partial charge is 0.251 e. The number of ether oxygens (including phenoxy) is 1. The molecule has 1 fully saturated rings. The Hall–Kier alpha value is -1.42. The van der Waals surface area contributed by atoms with Crippen molar-refractivity contribution >= 4 is 17.7 Å². The van der Waals surface area contributed by atoms with Gasteiger partial charge in [-0.2, -0.15) is 11.8 Å². The summed E-state index contributed by atoms with van der Waals surface area (Å²) in [7, 11) is 0. The second-order valence-corrected chi connectivity index (χ2v) is 7.57. The summed E-state index contributed by atoms with van der Waals surface area (Å²) in [6, 6.07) is 7.31. The summed E-state index contributed by atoms with van der Waals surface area (Å²) >= 11 is 2.00. The molecule has 0 aliphatic heterocycles. The van der Waals surface area contributed by atoms with E-state index in [4.69, 9.17) is 4.74 Å². The van der Waals surface area contributed by atoms with E-state index in [1.54, 1.807) is 6.07 Å². The zero-order valence-electron chi connectivity index (χ0n) is 14.0. The minimum atomic E-state index is -0.0324. The number of hydrogen-bond acceptors (Lipinski definition) is 3. The van der Waals surface area contributed by atoms with Gasteiger partial charge in [0.05, 0.1) is 0 Å². The first-order valence-corrected chi connectivity index (χ1v) is 9.47. The molecule has 1 saturated carbocycles. The van der Waals surface area contributed by atoms with E-state index in [0.29, 0.717) is 17.9 Å². The Morgan fingerprint density at radius 2 is 2.13 bits per heavy atom. The molecule has 1 aliphatic carbocycles. The van der Waals surface area contributed by atoms with Crippen LogP contribution in [0.3, 0.4) is 0 Å². The van der Waals surface area contributed by atoms with Crippen LogP contribution in [0.5, 0.6) is 5.75 Å². The van der Waals surface area contributed by atoms with Crippen molar-refractivity contribution in [2.24, 2.45) is 0 Å². The second-order valence-electron chi connectivity index (χ2n) is 6.16. The van der Waals surface area contributed by atoms with Gasteiger partial charge >= 0.3 is 0 Å². The van der Waals surface area contributed by atoms with Crippen LogP contribution in [0.4, 0.5) is 0 Å². The van der Waals surface area contributed by atoms with Gasteiger partial charge in [-0.25, -0.2) is 0 Å². The highest BCUT2D eigenvalue weighted by Gasteiger charge is 2.13. The molecule has 0 saturated heterocycles. The third-order valence-electron chi connectivity index (χ3n) is 3.87. The average Bonchev–Trinajstić information content (AvgIpc) is 2.58. The number of rotatable bonds is 8. The van der Waals surface area contributed by atoms with E-state index in [1.165, 1.54) is 32.1 Å². The van der Waals surface area contributed by atoms with Crippen LogP contribution in [0, 0.1) is 0 Å². The first kappa shape index (κ1) is 17.9. The van der Waals surface area contributed by atoms with Crippen LogP contribution in [0.25, 0.3) is 0 Å². The van der Waals surface area contributed by atoms with Crippen LogP contribution in [0.1, 0.15) is 49.4 Å². The van der Waals surface area contributed by atoms with Crippen LogP contribution < -0.4 is 10.1 Å². The first-order valence-electron chi connectivity index (χ1n) is 8.42. The SMILES string of the molecule is C=C(C)COc1cccc(C(=O)NCCSC2CCCCC2)c1. The fourth-order valence-electron chi connectivity index (χ4n) is 2.66. The van der Waals surface area contributed by atoms with E-state index >= 15 is 0 Å². The minimum absolute atomic E-state index is 0.0324. The van der Waals surface area contributed by atoms with E-state index in [-0.39, 0.29) is 5.91 Å². The maximum atomic E-state index is 12.2. The summed E-state index contributed by atoms with van der Waals surface area (Å²) in [5, 5.41) is 3.79. The van der Waals surface area contributed by atoms with Crippen molar-refractivity contribution in [2.75, 3.05) is 18.9 Å². The van der Waals surface area contributed by atoms with Gasteiger partial charge < -0.3 is 10.1 Å². The molecule has 3 nitrogen and oxygen atoms in total. The van der Waals surface area contributed by atoms with Crippen molar-refractivity contribution in [3.05, 3.63) is 42.0 Å². The van der Waals surface area contributed by atoms with Gasteiger partial charge in [0.15, 0.2) is 0 Å². The Balaban J connectivity index is 1.72. The molecule has 0 aromatic heterocycles. The normalized spacial score (nSPS) is 15.2. The molecule has 1 N–H and O–H groups in total. The van der Waals surface area contributed by atoms with E-state index in [9.17, 15) is 4.79 Å². The van der Waals surface area contributed by atoms with Gasteiger partial charge in [0, 0.05) is 23.1 Å². The number of carbonyl (C=O) groups excluding carboxylic acids is 1. The van der Waals surface area contributed by atoms with Crippen molar-refractivity contribution in [3.8, 4) is 5.75 Å². The Bertz CT molecular complexity index is 524. The molecule has 0 bridgehead atoms. The molecule has 1 aromatic carbocycles. The highest BCUT2D eigenvalue weighted by atomic mass is 32.2. The molecule has 0 atom stereocenters. The molecular formula is C19H27NO2S. The molecule has 4 heteroatoms. The summed E-state index contributed by atoms with van der Waals surface area (Å²) < 4.78 is 5.58. The van der Waals surface area contributed by atoms with Gasteiger partial charge in [0.1, 0.15) is 12.4 Å². The first-order chi connectivity index (χ1) is 11.1.